The molecule has 0 unspecified atom stereocenters. The lowest BCUT2D eigenvalue weighted by Gasteiger charge is -2.14. The van der Waals surface area contributed by atoms with E-state index < -0.39 is 33.7 Å². The smallest absolute Gasteiger partial charge is 0.402 e. The molecule has 2 rings (SSSR count). The first-order valence-corrected chi connectivity index (χ1v) is 7.69. The summed E-state index contributed by atoms with van der Waals surface area (Å²) < 4.78 is 70.1. The molecule has 0 radical (unpaired) electrons. The second-order valence-corrected chi connectivity index (χ2v) is 6.04. The third-order valence-electron chi connectivity index (χ3n) is 2.70. The molecule has 0 N–H and O–H groups in total. The number of rotatable bonds is 4. The summed E-state index contributed by atoms with van der Waals surface area (Å²) in [6, 6.07) is 7.61. The van der Waals surface area contributed by atoms with Crippen LogP contribution in [0.15, 0.2) is 41.4 Å². The van der Waals surface area contributed by atoms with E-state index in [2.05, 4.69) is 13.9 Å². The SMILES string of the molecule is Cc1ccc(S(=O)(=O)Oc2c(OC(F)(F)F)ccnc2C#N)cc1. The summed E-state index contributed by atoms with van der Waals surface area (Å²) in [7, 11) is -4.48. The van der Waals surface area contributed by atoms with E-state index >= 15 is 0 Å². The van der Waals surface area contributed by atoms with Gasteiger partial charge in [-0.15, -0.1) is 13.2 Å². The van der Waals surface area contributed by atoms with Crippen LogP contribution < -0.4 is 8.92 Å². The number of pyridine rings is 1. The molecular formula is C14H9F3N2O4S. The van der Waals surface area contributed by atoms with Gasteiger partial charge in [0.15, 0.2) is 11.4 Å². The fourth-order valence-corrected chi connectivity index (χ4v) is 2.60. The molecule has 0 spiro atoms. The van der Waals surface area contributed by atoms with Crippen molar-refractivity contribution in [1.82, 2.24) is 4.98 Å². The molecule has 10 heteroatoms. The maximum absolute atomic E-state index is 12.4. The lowest BCUT2D eigenvalue weighted by Crippen LogP contribution is -2.19. The number of benzene rings is 1. The second kappa shape index (κ2) is 6.37. The second-order valence-electron chi connectivity index (χ2n) is 4.50. The molecule has 0 saturated heterocycles. The molecule has 0 saturated carbocycles. The fourth-order valence-electron chi connectivity index (χ4n) is 1.66. The highest BCUT2D eigenvalue weighted by Crippen LogP contribution is 2.35. The van der Waals surface area contributed by atoms with Crippen molar-refractivity contribution < 1.29 is 30.5 Å². The maximum atomic E-state index is 12.4. The summed E-state index contributed by atoms with van der Waals surface area (Å²) in [4.78, 5) is 3.19. The van der Waals surface area contributed by atoms with Crippen LogP contribution in [-0.2, 0) is 10.1 Å². The summed E-state index contributed by atoms with van der Waals surface area (Å²) in [6.45, 7) is 1.72. The Kier molecular flexibility index (Phi) is 4.66. The summed E-state index contributed by atoms with van der Waals surface area (Å²) in [5.41, 5.74) is 0.113. The number of aryl methyl sites for hydroxylation is 1. The number of hydrogen-bond acceptors (Lipinski definition) is 6. The Morgan fingerprint density at radius 1 is 1.17 bits per heavy atom. The number of alkyl halides is 3. The average molecular weight is 358 g/mol. The molecule has 0 aliphatic carbocycles. The van der Waals surface area contributed by atoms with Crippen LogP contribution in [0.5, 0.6) is 11.5 Å². The van der Waals surface area contributed by atoms with E-state index in [0.29, 0.717) is 0 Å². The van der Waals surface area contributed by atoms with Gasteiger partial charge in [-0.1, -0.05) is 17.7 Å². The minimum Gasteiger partial charge on any atom is -0.402 e. The quantitative estimate of drug-likeness (QED) is 0.781. The van der Waals surface area contributed by atoms with Gasteiger partial charge in [-0.25, -0.2) is 4.98 Å². The van der Waals surface area contributed by atoms with E-state index in [1.54, 1.807) is 6.92 Å². The predicted molar refractivity (Wildman–Crippen MR) is 74.6 cm³/mol. The number of halogens is 3. The minimum atomic E-state index is -5.10. The van der Waals surface area contributed by atoms with Crippen LogP contribution in [0.3, 0.4) is 0 Å². The van der Waals surface area contributed by atoms with Gasteiger partial charge < -0.3 is 8.92 Å². The highest BCUT2D eigenvalue weighted by molar-refractivity contribution is 7.87. The Morgan fingerprint density at radius 3 is 2.33 bits per heavy atom. The van der Waals surface area contributed by atoms with E-state index in [0.717, 1.165) is 17.8 Å². The molecule has 126 valence electrons. The third-order valence-corrected chi connectivity index (χ3v) is 3.94. The molecule has 0 bridgehead atoms. The Hall–Kier alpha value is -2.80. The Bertz CT molecular complexity index is 888. The molecular weight excluding hydrogens is 349 g/mol. The fraction of sp³-hybridized carbons (Fsp3) is 0.143. The van der Waals surface area contributed by atoms with Gasteiger partial charge in [0.2, 0.25) is 5.75 Å². The van der Waals surface area contributed by atoms with Crippen molar-refractivity contribution in [2.24, 2.45) is 0 Å². The van der Waals surface area contributed by atoms with Crippen LogP contribution in [0.25, 0.3) is 0 Å². The lowest BCUT2D eigenvalue weighted by molar-refractivity contribution is -0.275. The Morgan fingerprint density at radius 2 is 1.79 bits per heavy atom. The van der Waals surface area contributed by atoms with Crippen molar-refractivity contribution in [1.29, 1.82) is 5.26 Å². The van der Waals surface area contributed by atoms with Crippen molar-refractivity contribution in [2.45, 2.75) is 18.2 Å². The molecule has 24 heavy (non-hydrogen) atoms. The Balaban J connectivity index is 2.48. The van der Waals surface area contributed by atoms with Crippen molar-refractivity contribution in [3.8, 4) is 17.6 Å². The number of nitriles is 1. The molecule has 0 aliphatic heterocycles. The highest BCUT2D eigenvalue weighted by atomic mass is 32.2. The first-order valence-electron chi connectivity index (χ1n) is 6.28. The van der Waals surface area contributed by atoms with Gasteiger partial charge in [-0.3, -0.25) is 0 Å². The summed E-state index contributed by atoms with van der Waals surface area (Å²) in [6.07, 6.45) is -4.23. The summed E-state index contributed by atoms with van der Waals surface area (Å²) >= 11 is 0. The summed E-state index contributed by atoms with van der Waals surface area (Å²) in [5.74, 6) is -1.91. The number of nitrogens with zero attached hydrogens (tertiary/aromatic N) is 2. The average Bonchev–Trinajstić information content (AvgIpc) is 2.48. The highest BCUT2D eigenvalue weighted by Gasteiger charge is 2.34. The van der Waals surface area contributed by atoms with Gasteiger partial charge >= 0.3 is 16.5 Å². The molecule has 0 atom stereocenters. The van der Waals surface area contributed by atoms with E-state index in [4.69, 9.17) is 5.26 Å². The van der Waals surface area contributed by atoms with Crippen LogP contribution >= 0.6 is 0 Å². The van der Waals surface area contributed by atoms with Crippen molar-refractivity contribution >= 4 is 10.1 Å². The van der Waals surface area contributed by atoms with Crippen molar-refractivity contribution in [2.75, 3.05) is 0 Å². The molecule has 0 amide bonds. The summed E-state index contributed by atoms with van der Waals surface area (Å²) in [5, 5.41) is 8.92. The minimum absolute atomic E-state index is 0.293. The largest absolute Gasteiger partial charge is 0.573 e. The van der Waals surface area contributed by atoms with E-state index in [1.165, 1.54) is 30.3 Å². The topological polar surface area (TPSA) is 89.3 Å². The van der Waals surface area contributed by atoms with Crippen LogP contribution in [0.4, 0.5) is 13.2 Å². The zero-order chi connectivity index (χ0) is 18.0. The Labute approximate surface area is 135 Å². The number of ether oxygens (including phenoxy) is 1. The number of hydrogen-bond donors (Lipinski definition) is 0. The molecule has 1 heterocycles. The zero-order valence-electron chi connectivity index (χ0n) is 12.0. The zero-order valence-corrected chi connectivity index (χ0v) is 12.9. The molecule has 6 nitrogen and oxygen atoms in total. The van der Waals surface area contributed by atoms with E-state index in [1.807, 2.05) is 0 Å². The van der Waals surface area contributed by atoms with Gasteiger partial charge in [0.05, 0.1) is 0 Å². The van der Waals surface area contributed by atoms with Gasteiger partial charge in [0.25, 0.3) is 0 Å². The first-order chi connectivity index (χ1) is 11.1. The molecule has 0 fully saturated rings. The third kappa shape index (κ3) is 4.14. The van der Waals surface area contributed by atoms with Crippen molar-refractivity contribution in [3.63, 3.8) is 0 Å². The van der Waals surface area contributed by atoms with Gasteiger partial charge in [0, 0.05) is 12.3 Å². The molecule has 0 aliphatic rings. The standard InChI is InChI=1S/C14H9F3N2O4S/c1-9-2-4-10(5-3-9)24(20,21)23-13-11(8-18)19-7-6-12(13)22-14(15,16)17/h2-7H,1H3. The van der Waals surface area contributed by atoms with Crippen molar-refractivity contribution in [3.05, 3.63) is 47.8 Å². The lowest BCUT2D eigenvalue weighted by atomic mass is 10.2. The number of aromatic nitrogens is 1. The van der Waals surface area contributed by atoms with Crippen LogP contribution in [0, 0.1) is 18.3 Å². The maximum Gasteiger partial charge on any atom is 0.573 e. The van der Waals surface area contributed by atoms with Crippen LogP contribution in [0.1, 0.15) is 11.3 Å². The van der Waals surface area contributed by atoms with E-state index in [9.17, 15) is 21.6 Å². The van der Waals surface area contributed by atoms with Gasteiger partial charge in [-0.2, -0.15) is 13.7 Å². The first kappa shape index (κ1) is 17.6. The van der Waals surface area contributed by atoms with Crippen LogP contribution in [0.2, 0.25) is 0 Å². The molecule has 1 aromatic carbocycles. The van der Waals surface area contributed by atoms with Gasteiger partial charge in [0.1, 0.15) is 11.0 Å². The monoisotopic (exact) mass is 358 g/mol. The van der Waals surface area contributed by atoms with Gasteiger partial charge in [-0.05, 0) is 19.1 Å². The molecule has 2 aromatic rings. The molecule has 1 aromatic heterocycles. The normalized spacial score (nSPS) is 11.6. The van der Waals surface area contributed by atoms with E-state index in [-0.39, 0.29) is 4.90 Å². The predicted octanol–water partition coefficient (Wildman–Crippen LogP) is 2.93. The van der Waals surface area contributed by atoms with Crippen LogP contribution in [-0.4, -0.2) is 19.8 Å².